The SMILES string of the molecule is Cc1csc(=Nc2ccc(F)cc2)n1C1CCCCC1. The first-order valence-corrected chi connectivity index (χ1v) is 8.09. The summed E-state index contributed by atoms with van der Waals surface area (Å²) in [5.41, 5.74) is 2.10. The minimum Gasteiger partial charge on any atom is -0.318 e. The van der Waals surface area contributed by atoms with Gasteiger partial charge in [-0.2, -0.15) is 0 Å². The fourth-order valence-corrected chi connectivity index (χ4v) is 3.85. The quantitative estimate of drug-likeness (QED) is 0.760. The average Bonchev–Trinajstić information content (AvgIpc) is 2.83. The number of rotatable bonds is 2. The molecule has 1 aliphatic rings. The highest BCUT2D eigenvalue weighted by molar-refractivity contribution is 7.07. The predicted molar refractivity (Wildman–Crippen MR) is 80.8 cm³/mol. The maximum Gasteiger partial charge on any atom is 0.190 e. The summed E-state index contributed by atoms with van der Waals surface area (Å²) in [5, 5.41) is 2.16. The van der Waals surface area contributed by atoms with Crippen LogP contribution in [-0.2, 0) is 0 Å². The molecule has 0 atom stereocenters. The number of aryl methyl sites for hydroxylation is 1. The van der Waals surface area contributed by atoms with Gasteiger partial charge in [0.2, 0.25) is 0 Å². The van der Waals surface area contributed by atoms with Crippen LogP contribution in [0.4, 0.5) is 10.1 Å². The maximum atomic E-state index is 13.0. The molecule has 2 aromatic rings. The van der Waals surface area contributed by atoms with Crippen LogP contribution < -0.4 is 4.80 Å². The van der Waals surface area contributed by atoms with Crippen molar-refractivity contribution in [3.63, 3.8) is 0 Å². The minimum absolute atomic E-state index is 0.216. The van der Waals surface area contributed by atoms with E-state index in [0.29, 0.717) is 6.04 Å². The molecule has 20 heavy (non-hydrogen) atoms. The van der Waals surface area contributed by atoms with Crippen LogP contribution in [0.1, 0.15) is 43.8 Å². The molecule has 0 saturated heterocycles. The van der Waals surface area contributed by atoms with Crippen LogP contribution in [0, 0.1) is 12.7 Å². The standard InChI is InChI=1S/C16H19FN2S/c1-12-11-20-16(18-14-9-7-13(17)8-10-14)19(12)15-5-3-2-4-6-15/h7-11,15H,2-6H2,1H3. The number of thiazole rings is 1. The summed E-state index contributed by atoms with van der Waals surface area (Å²) in [4.78, 5) is 5.72. The van der Waals surface area contributed by atoms with Crippen molar-refractivity contribution in [2.75, 3.05) is 0 Å². The fourth-order valence-electron chi connectivity index (χ4n) is 2.89. The van der Waals surface area contributed by atoms with E-state index in [1.807, 2.05) is 0 Å². The van der Waals surface area contributed by atoms with E-state index in [2.05, 4.69) is 16.9 Å². The van der Waals surface area contributed by atoms with Crippen molar-refractivity contribution in [1.29, 1.82) is 0 Å². The maximum absolute atomic E-state index is 13.0. The molecule has 0 aliphatic heterocycles. The van der Waals surface area contributed by atoms with Crippen molar-refractivity contribution in [3.8, 4) is 0 Å². The summed E-state index contributed by atoms with van der Waals surface area (Å²) in [6.45, 7) is 2.15. The second-order valence-corrected chi connectivity index (χ2v) is 6.25. The lowest BCUT2D eigenvalue weighted by molar-refractivity contribution is 0.344. The molecule has 2 nitrogen and oxygen atoms in total. The van der Waals surface area contributed by atoms with Crippen LogP contribution in [0.2, 0.25) is 0 Å². The number of nitrogens with zero attached hydrogens (tertiary/aromatic N) is 2. The van der Waals surface area contributed by atoms with Crippen LogP contribution in [0.5, 0.6) is 0 Å². The van der Waals surface area contributed by atoms with E-state index in [4.69, 9.17) is 4.99 Å². The first kappa shape index (κ1) is 13.6. The zero-order valence-electron chi connectivity index (χ0n) is 11.7. The van der Waals surface area contributed by atoms with Crippen molar-refractivity contribution in [3.05, 3.63) is 46.0 Å². The van der Waals surface area contributed by atoms with Gasteiger partial charge in [-0.15, -0.1) is 11.3 Å². The van der Waals surface area contributed by atoms with Gasteiger partial charge in [-0.05, 0) is 44.0 Å². The summed E-state index contributed by atoms with van der Waals surface area (Å²) in [6.07, 6.45) is 6.46. The summed E-state index contributed by atoms with van der Waals surface area (Å²) >= 11 is 1.67. The Bertz CT molecular complexity index is 633. The largest absolute Gasteiger partial charge is 0.318 e. The highest BCUT2D eigenvalue weighted by Crippen LogP contribution is 2.28. The number of benzene rings is 1. The molecule has 0 unspecified atom stereocenters. The minimum atomic E-state index is -0.216. The van der Waals surface area contributed by atoms with Crippen LogP contribution in [-0.4, -0.2) is 4.57 Å². The van der Waals surface area contributed by atoms with Gasteiger partial charge >= 0.3 is 0 Å². The molecule has 1 aliphatic carbocycles. The Labute approximate surface area is 122 Å². The Morgan fingerprint density at radius 2 is 1.85 bits per heavy atom. The van der Waals surface area contributed by atoms with E-state index in [-0.39, 0.29) is 5.82 Å². The van der Waals surface area contributed by atoms with E-state index >= 15 is 0 Å². The lowest BCUT2D eigenvalue weighted by atomic mass is 9.95. The molecule has 0 N–H and O–H groups in total. The van der Waals surface area contributed by atoms with Crippen molar-refractivity contribution < 1.29 is 4.39 Å². The Balaban J connectivity index is 1.99. The summed E-state index contributed by atoms with van der Waals surface area (Å²) in [7, 11) is 0. The molecular weight excluding hydrogens is 271 g/mol. The Morgan fingerprint density at radius 3 is 2.55 bits per heavy atom. The molecule has 1 fully saturated rings. The van der Waals surface area contributed by atoms with Crippen molar-refractivity contribution in [1.82, 2.24) is 4.57 Å². The van der Waals surface area contributed by atoms with Crippen LogP contribution in [0.15, 0.2) is 34.6 Å². The van der Waals surface area contributed by atoms with Gasteiger partial charge in [0.05, 0.1) is 5.69 Å². The number of hydrogen-bond acceptors (Lipinski definition) is 2. The van der Waals surface area contributed by atoms with E-state index < -0.39 is 0 Å². The van der Waals surface area contributed by atoms with Gasteiger partial charge in [-0.25, -0.2) is 9.38 Å². The Morgan fingerprint density at radius 1 is 1.15 bits per heavy atom. The molecule has 106 valence electrons. The highest BCUT2D eigenvalue weighted by Gasteiger charge is 2.17. The topological polar surface area (TPSA) is 17.3 Å². The number of halogens is 1. The molecule has 0 bridgehead atoms. The lowest BCUT2D eigenvalue weighted by Crippen LogP contribution is -2.23. The molecule has 3 rings (SSSR count). The lowest BCUT2D eigenvalue weighted by Gasteiger charge is -2.24. The second-order valence-electron chi connectivity index (χ2n) is 5.41. The summed E-state index contributed by atoms with van der Waals surface area (Å²) in [6, 6.07) is 6.97. The number of aromatic nitrogens is 1. The molecule has 1 aromatic carbocycles. The summed E-state index contributed by atoms with van der Waals surface area (Å²) in [5.74, 6) is -0.216. The first-order valence-electron chi connectivity index (χ1n) is 7.21. The van der Waals surface area contributed by atoms with Gasteiger partial charge < -0.3 is 4.57 Å². The third kappa shape index (κ3) is 2.85. The molecule has 1 saturated carbocycles. The third-order valence-electron chi connectivity index (χ3n) is 3.91. The van der Waals surface area contributed by atoms with Crippen LogP contribution >= 0.6 is 11.3 Å². The van der Waals surface area contributed by atoms with Gasteiger partial charge in [0.25, 0.3) is 0 Å². The monoisotopic (exact) mass is 290 g/mol. The smallest absolute Gasteiger partial charge is 0.190 e. The molecule has 1 aromatic heterocycles. The molecule has 0 spiro atoms. The van der Waals surface area contributed by atoms with Gasteiger partial charge in [0.15, 0.2) is 4.80 Å². The molecule has 0 amide bonds. The number of hydrogen-bond donors (Lipinski definition) is 0. The van der Waals surface area contributed by atoms with E-state index in [1.54, 1.807) is 23.5 Å². The fraction of sp³-hybridized carbons (Fsp3) is 0.438. The van der Waals surface area contributed by atoms with Crippen molar-refractivity contribution in [2.45, 2.75) is 45.1 Å². The second kappa shape index (κ2) is 5.92. The highest BCUT2D eigenvalue weighted by atomic mass is 32.1. The average molecular weight is 290 g/mol. The van der Waals surface area contributed by atoms with Gasteiger partial charge in [0.1, 0.15) is 5.82 Å². The predicted octanol–water partition coefficient (Wildman–Crippen LogP) is 4.73. The van der Waals surface area contributed by atoms with Gasteiger partial charge in [-0.3, -0.25) is 0 Å². The molecule has 1 heterocycles. The Hall–Kier alpha value is -1.42. The van der Waals surface area contributed by atoms with E-state index in [9.17, 15) is 4.39 Å². The molecule has 0 radical (unpaired) electrons. The van der Waals surface area contributed by atoms with E-state index in [1.165, 1.54) is 49.9 Å². The summed E-state index contributed by atoms with van der Waals surface area (Å²) < 4.78 is 15.3. The van der Waals surface area contributed by atoms with Gasteiger partial charge in [-0.1, -0.05) is 19.3 Å². The Kier molecular flexibility index (Phi) is 4.01. The molecular formula is C16H19FN2S. The zero-order chi connectivity index (χ0) is 13.9. The zero-order valence-corrected chi connectivity index (χ0v) is 12.5. The van der Waals surface area contributed by atoms with Crippen LogP contribution in [0.3, 0.4) is 0 Å². The van der Waals surface area contributed by atoms with Crippen molar-refractivity contribution in [2.24, 2.45) is 4.99 Å². The van der Waals surface area contributed by atoms with Crippen LogP contribution in [0.25, 0.3) is 0 Å². The molecule has 4 heteroatoms. The normalized spacial score (nSPS) is 17.6. The third-order valence-corrected chi connectivity index (χ3v) is 4.87. The van der Waals surface area contributed by atoms with Gasteiger partial charge in [0, 0.05) is 17.1 Å². The van der Waals surface area contributed by atoms with Crippen molar-refractivity contribution >= 4 is 17.0 Å². The van der Waals surface area contributed by atoms with E-state index in [0.717, 1.165) is 10.5 Å². The first-order chi connectivity index (χ1) is 9.74.